The molecule has 3 aromatic carbocycles. The minimum atomic E-state index is -3.92. The molecule has 0 atom stereocenters. The van der Waals surface area contributed by atoms with Crippen molar-refractivity contribution < 1.29 is 22.7 Å². The fourth-order valence-electron chi connectivity index (χ4n) is 3.71. The van der Waals surface area contributed by atoms with Gasteiger partial charge in [0.15, 0.2) is 0 Å². The third-order valence-corrected chi connectivity index (χ3v) is 6.90. The van der Waals surface area contributed by atoms with Gasteiger partial charge in [-0.1, -0.05) is 23.7 Å². The lowest BCUT2D eigenvalue weighted by atomic mass is 10.1. The summed E-state index contributed by atoms with van der Waals surface area (Å²) in [6.45, 7) is 0.553. The van der Waals surface area contributed by atoms with Crippen molar-refractivity contribution in [1.82, 2.24) is 0 Å². The third kappa shape index (κ3) is 5.22. The van der Waals surface area contributed by atoms with Crippen LogP contribution >= 0.6 is 11.6 Å². The highest BCUT2D eigenvalue weighted by Crippen LogP contribution is 2.31. The van der Waals surface area contributed by atoms with Gasteiger partial charge in [0, 0.05) is 35.6 Å². The first-order valence-electron chi connectivity index (χ1n) is 10.4. The summed E-state index contributed by atoms with van der Waals surface area (Å²) in [6.07, 6.45) is 0.664. The van der Waals surface area contributed by atoms with E-state index in [9.17, 15) is 18.0 Å². The first-order valence-corrected chi connectivity index (χ1v) is 12.2. The van der Waals surface area contributed by atoms with Gasteiger partial charge in [-0.05, 0) is 66.6 Å². The maximum atomic E-state index is 12.8. The van der Waals surface area contributed by atoms with Crippen LogP contribution in [0.3, 0.4) is 0 Å². The first-order chi connectivity index (χ1) is 16.3. The molecule has 0 aliphatic carbocycles. The Hall–Kier alpha value is -3.40. The second-order valence-corrected chi connectivity index (χ2v) is 9.79. The molecule has 8 nitrogen and oxygen atoms in total. The maximum absolute atomic E-state index is 12.8. The second-order valence-electron chi connectivity index (χ2n) is 7.67. The highest BCUT2D eigenvalue weighted by atomic mass is 35.5. The molecule has 4 rings (SSSR count). The number of anilines is 3. The molecule has 0 spiro atoms. The van der Waals surface area contributed by atoms with Crippen molar-refractivity contribution in [3.05, 3.63) is 82.9 Å². The number of carbonyl (C=O) groups is 2. The van der Waals surface area contributed by atoms with Crippen LogP contribution in [-0.4, -0.2) is 40.5 Å². The van der Waals surface area contributed by atoms with Gasteiger partial charge < -0.3 is 15.0 Å². The van der Waals surface area contributed by atoms with Gasteiger partial charge in [-0.2, -0.15) is 0 Å². The van der Waals surface area contributed by atoms with E-state index in [1.54, 1.807) is 35.2 Å². The zero-order chi connectivity index (χ0) is 24.3. The average Bonchev–Trinajstić information content (AvgIpc) is 3.22. The molecular weight excluding hydrogens is 478 g/mol. The standard InChI is InChI=1S/C24H22ClN3O5S/c1-33-15-23(29)28-11-10-16-12-19(8-9-22(16)28)26-24(30)17-4-2-7-21(13-17)34(31,32)27-20-6-3-5-18(25)14-20/h2-9,12-14,27H,10-11,15H2,1H3,(H,26,30). The van der Waals surface area contributed by atoms with Crippen molar-refractivity contribution in [2.75, 3.05) is 35.2 Å². The van der Waals surface area contributed by atoms with Crippen molar-refractivity contribution in [2.45, 2.75) is 11.3 Å². The minimum Gasteiger partial charge on any atom is -0.375 e. The van der Waals surface area contributed by atoms with E-state index < -0.39 is 15.9 Å². The Morgan fingerprint density at radius 2 is 1.82 bits per heavy atom. The molecule has 0 aromatic heterocycles. The van der Waals surface area contributed by atoms with E-state index in [0.717, 1.165) is 11.3 Å². The van der Waals surface area contributed by atoms with Crippen LogP contribution < -0.4 is 14.9 Å². The van der Waals surface area contributed by atoms with Gasteiger partial charge in [-0.15, -0.1) is 0 Å². The predicted octanol–water partition coefficient (Wildman–Crippen LogP) is 3.93. The normalized spacial score (nSPS) is 12.8. The Bertz CT molecular complexity index is 1360. The monoisotopic (exact) mass is 499 g/mol. The van der Waals surface area contributed by atoms with Crippen LogP contribution in [0.15, 0.2) is 71.6 Å². The van der Waals surface area contributed by atoms with E-state index in [1.807, 2.05) is 6.07 Å². The molecule has 0 saturated heterocycles. The van der Waals surface area contributed by atoms with Crippen LogP contribution in [0.5, 0.6) is 0 Å². The third-order valence-electron chi connectivity index (χ3n) is 5.29. The van der Waals surface area contributed by atoms with Crippen LogP contribution in [-0.2, 0) is 26.0 Å². The topological polar surface area (TPSA) is 105 Å². The zero-order valence-corrected chi connectivity index (χ0v) is 19.8. The summed E-state index contributed by atoms with van der Waals surface area (Å²) in [5.41, 5.74) is 2.78. The summed E-state index contributed by atoms with van der Waals surface area (Å²) in [6, 6.07) is 17.4. The molecule has 2 amide bonds. The molecule has 0 radical (unpaired) electrons. The molecule has 3 aromatic rings. The molecule has 1 aliphatic rings. The number of fused-ring (bicyclic) bond motifs is 1. The van der Waals surface area contributed by atoms with Crippen molar-refractivity contribution in [2.24, 2.45) is 0 Å². The van der Waals surface area contributed by atoms with Gasteiger partial charge in [0.25, 0.3) is 21.8 Å². The molecule has 0 unspecified atom stereocenters. The quantitative estimate of drug-likeness (QED) is 0.512. The molecule has 2 N–H and O–H groups in total. The number of nitrogens with zero attached hydrogens (tertiary/aromatic N) is 1. The van der Waals surface area contributed by atoms with Crippen LogP contribution in [0.2, 0.25) is 5.02 Å². The van der Waals surface area contributed by atoms with Crippen LogP contribution in [0.4, 0.5) is 17.1 Å². The number of benzene rings is 3. The summed E-state index contributed by atoms with van der Waals surface area (Å²) in [7, 11) is -2.45. The number of amides is 2. The number of methoxy groups -OCH3 is 1. The molecule has 10 heteroatoms. The Morgan fingerprint density at radius 1 is 1.03 bits per heavy atom. The summed E-state index contributed by atoms with van der Waals surface area (Å²) in [5, 5.41) is 3.19. The number of ether oxygens (including phenoxy) is 1. The zero-order valence-electron chi connectivity index (χ0n) is 18.2. The SMILES string of the molecule is COCC(=O)N1CCc2cc(NC(=O)c3cccc(S(=O)(=O)Nc4cccc(Cl)c4)c3)ccc21. The van der Waals surface area contributed by atoms with E-state index in [0.29, 0.717) is 29.4 Å². The van der Waals surface area contributed by atoms with E-state index in [2.05, 4.69) is 10.0 Å². The van der Waals surface area contributed by atoms with E-state index >= 15 is 0 Å². The fourth-order valence-corrected chi connectivity index (χ4v) is 5.00. The predicted molar refractivity (Wildman–Crippen MR) is 131 cm³/mol. The molecule has 0 bridgehead atoms. The Morgan fingerprint density at radius 3 is 2.59 bits per heavy atom. The molecular formula is C24H22ClN3O5S. The van der Waals surface area contributed by atoms with Crippen molar-refractivity contribution in [3.63, 3.8) is 0 Å². The lowest BCUT2D eigenvalue weighted by molar-refractivity contribution is -0.122. The number of halogens is 1. The average molecular weight is 500 g/mol. The number of nitrogens with one attached hydrogen (secondary N) is 2. The number of sulfonamides is 1. The summed E-state index contributed by atoms with van der Waals surface area (Å²) >= 11 is 5.92. The summed E-state index contributed by atoms with van der Waals surface area (Å²) < 4.78 is 32.9. The molecule has 34 heavy (non-hydrogen) atoms. The Balaban J connectivity index is 1.49. The largest absolute Gasteiger partial charge is 0.375 e. The van der Waals surface area contributed by atoms with Gasteiger partial charge in [-0.3, -0.25) is 14.3 Å². The lowest BCUT2D eigenvalue weighted by Crippen LogP contribution is -2.31. The highest BCUT2D eigenvalue weighted by molar-refractivity contribution is 7.92. The number of hydrogen-bond acceptors (Lipinski definition) is 5. The van der Waals surface area contributed by atoms with Crippen molar-refractivity contribution >= 4 is 50.5 Å². The first kappa shape index (κ1) is 23.7. The minimum absolute atomic E-state index is 0.00332. The molecule has 0 fully saturated rings. The van der Waals surface area contributed by atoms with Gasteiger partial charge in [0.2, 0.25) is 0 Å². The highest BCUT2D eigenvalue weighted by Gasteiger charge is 2.25. The summed E-state index contributed by atoms with van der Waals surface area (Å²) in [5.74, 6) is -0.576. The van der Waals surface area contributed by atoms with Crippen LogP contribution in [0, 0.1) is 0 Å². The lowest BCUT2D eigenvalue weighted by Gasteiger charge is -2.17. The van der Waals surface area contributed by atoms with Crippen molar-refractivity contribution in [1.29, 1.82) is 0 Å². The number of carbonyl (C=O) groups excluding carboxylic acids is 2. The van der Waals surface area contributed by atoms with Gasteiger partial charge >= 0.3 is 0 Å². The molecule has 1 aliphatic heterocycles. The smallest absolute Gasteiger partial charge is 0.261 e. The van der Waals surface area contributed by atoms with Crippen LogP contribution in [0.25, 0.3) is 0 Å². The van der Waals surface area contributed by atoms with E-state index in [1.165, 1.54) is 37.4 Å². The van der Waals surface area contributed by atoms with Gasteiger partial charge in [0.05, 0.1) is 10.6 Å². The van der Waals surface area contributed by atoms with Gasteiger partial charge in [-0.25, -0.2) is 8.42 Å². The fraction of sp³-hybridized carbons (Fsp3) is 0.167. The number of rotatable bonds is 7. The van der Waals surface area contributed by atoms with Crippen molar-refractivity contribution in [3.8, 4) is 0 Å². The van der Waals surface area contributed by atoms with E-state index in [4.69, 9.17) is 16.3 Å². The molecule has 0 saturated carbocycles. The maximum Gasteiger partial charge on any atom is 0.261 e. The second kappa shape index (κ2) is 9.84. The van der Waals surface area contributed by atoms with Gasteiger partial charge in [0.1, 0.15) is 6.61 Å². The molecule has 1 heterocycles. The summed E-state index contributed by atoms with van der Waals surface area (Å²) in [4.78, 5) is 26.6. The molecule has 176 valence electrons. The van der Waals surface area contributed by atoms with Crippen LogP contribution in [0.1, 0.15) is 15.9 Å². The number of hydrogen-bond donors (Lipinski definition) is 2. The Labute approximate surface area is 202 Å². The Kier molecular flexibility index (Phi) is 6.87. The van der Waals surface area contributed by atoms with E-state index in [-0.39, 0.29) is 23.0 Å².